The zero-order valence-corrected chi connectivity index (χ0v) is 10.6. The smallest absolute Gasteiger partial charge is 0.265 e. The van der Waals surface area contributed by atoms with Crippen molar-refractivity contribution >= 4 is 17.3 Å². The first kappa shape index (κ1) is 13.0. The lowest BCUT2D eigenvalue weighted by molar-refractivity contribution is -0.384. The summed E-state index contributed by atoms with van der Waals surface area (Å²) in [6, 6.07) is 10.5. The summed E-state index contributed by atoms with van der Waals surface area (Å²) < 4.78 is 0. The highest BCUT2D eigenvalue weighted by atomic mass is 16.6. The normalized spacial score (nSPS) is 11.3. The summed E-state index contributed by atoms with van der Waals surface area (Å²) in [4.78, 5) is 14.4. The molecule has 96 valence electrons. The van der Waals surface area contributed by atoms with E-state index < -0.39 is 0 Å². The Balaban J connectivity index is 2.38. The highest BCUT2D eigenvalue weighted by Crippen LogP contribution is 2.22. The lowest BCUT2D eigenvalue weighted by Crippen LogP contribution is -1.88. The quantitative estimate of drug-likeness (QED) is 0.613. The number of allylic oxidation sites excluding steroid dienone is 1. The Morgan fingerprint density at radius 2 is 2.05 bits per heavy atom. The molecule has 0 unspecified atom stereocenters. The Labute approximate surface area is 111 Å². The van der Waals surface area contributed by atoms with Gasteiger partial charge in [-0.1, -0.05) is 25.1 Å². The van der Waals surface area contributed by atoms with Crippen molar-refractivity contribution in [3.05, 3.63) is 70.0 Å². The van der Waals surface area contributed by atoms with Crippen molar-refractivity contribution in [3.8, 4) is 0 Å². The molecule has 0 amide bonds. The van der Waals surface area contributed by atoms with Gasteiger partial charge >= 0.3 is 0 Å². The molecule has 4 nitrogen and oxygen atoms in total. The molecule has 19 heavy (non-hydrogen) atoms. The number of hydrogen-bond acceptors (Lipinski definition) is 3. The second kappa shape index (κ2) is 5.91. The highest BCUT2D eigenvalue weighted by molar-refractivity contribution is 5.81. The van der Waals surface area contributed by atoms with Crippen LogP contribution in [0.1, 0.15) is 24.5 Å². The van der Waals surface area contributed by atoms with Crippen molar-refractivity contribution in [2.75, 3.05) is 0 Å². The first-order valence-corrected chi connectivity index (χ1v) is 6.06. The van der Waals surface area contributed by atoms with Crippen molar-refractivity contribution in [2.24, 2.45) is 0 Å². The van der Waals surface area contributed by atoms with Crippen LogP contribution in [-0.2, 0) is 0 Å². The van der Waals surface area contributed by atoms with Gasteiger partial charge in [0.2, 0.25) is 0 Å². The number of rotatable bonds is 4. The van der Waals surface area contributed by atoms with E-state index in [4.69, 9.17) is 0 Å². The number of non-ortho nitro benzene ring substituents is 1. The first-order valence-electron chi connectivity index (χ1n) is 6.06. The van der Waals surface area contributed by atoms with E-state index in [1.807, 2.05) is 24.3 Å². The van der Waals surface area contributed by atoms with Gasteiger partial charge in [-0.05, 0) is 35.3 Å². The molecule has 0 radical (unpaired) electrons. The third kappa shape index (κ3) is 3.25. The van der Waals surface area contributed by atoms with Crippen molar-refractivity contribution in [1.82, 2.24) is 4.98 Å². The van der Waals surface area contributed by atoms with Crippen LogP contribution in [0.4, 0.5) is 5.69 Å². The Morgan fingerprint density at radius 3 is 2.68 bits per heavy atom. The predicted molar refractivity (Wildman–Crippen MR) is 75.5 cm³/mol. The average Bonchev–Trinajstić information content (AvgIpc) is 2.46. The summed E-state index contributed by atoms with van der Waals surface area (Å²) >= 11 is 0. The molecule has 1 aromatic heterocycles. The maximum absolute atomic E-state index is 10.8. The molecule has 0 atom stereocenters. The Bertz CT molecular complexity index is 607. The molecular formula is C15H14N2O2. The van der Waals surface area contributed by atoms with Crippen molar-refractivity contribution in [2.45, 2.75) is 13.3 Å². The lowest BCUT2D eigenvalue weighted by Gasteiger charge is -2.04. The second-order valence-corrected chi connectivity index (χ2v) is 4.11. The van der Waals surface area contributed by atoms with Gasteiger partial charge < -0.3 is 0 Å². The molecule has 0 aliphatic carbocycles. The molecule has 0 bridgehead atoms. The topological polar surface area (TPSA) is 56.0 Å². The van der Waals surface area contributed by atoms with E-state index in [0.717, 1.165) is 23.1 Å². The van der Waals surface area contributed by atoms with Crippen LogP contribution in [0, 0.1) is 10.1 Å². The Morgan fingerprint density at radius 1 is 1.32 bits per heavy atom. The summed E-state index contributed by atoms with van der Waals surface area (Å²) in [5, 5.41) is 10.8. The van der Waals surface area contributed by atoms with Crippen LogP contribution < -0.4 is 0 Å². The number of benzene rings is 1. The van der Waals surface area contributed by atoms with Crippen LogP contribution in [0.3, 0.4) is 0 Å². The monoisotopic (exact) mass is 254 g/mol. The van der Waals surface area contributed by atoms with Crippen molar-refractivity contribution in [1.29, 1.82) is 0 Å². The van der Waals surface area contributed by atoms with E-state index in [1.54, 1.807) is 24.5 Å². The molecular weight excluding hydrogens is 240 g/mol. The number of nitro groups is 1. The van der Waals surface area contributed by atoms with E-state index in [2.05, 4.69) is 11.9 Å². The molecule has 2 rings (SSSR count). The second-order valence-electron chi connectivity index (χ2n) is 4.11. The summed E-state index contributed by atoms with van der Waals surface area (Å²) in [6.45, 7) is 2.06. The maximum Gasteiger partial charge on any atom is 0.270 e. The Kier molecular flexibility index (Phi) is 4.03. The fourth-order valence-corrected chi connectivity index (χ4v) is 1.88. The van der Waals surface area contributed by atoms with Crippen LogP contribution >= 0.6 is 0 Å². The zero-order chi connectivity index (χ0) is 13.7. The fraction of sp³-hybridized carbons (Fsp3) is 0.133. The molecule has 0 aliphatic rings. The minimum atomic E-state index is -0.380. The number of pyridine rings is 1. The summed E-state index contributed by atoms with van der Waals surface area (Å²) in [5.41, 5.74) is 3.16. The molecule has 0 aliphatic heterocycles. The minimum Gasteiger partial charge on any atom is -0.265 e. The molecule has 1 aromatic carbocycles. The molecule has 0 fully saturated rings. The van der Waals surface area contributed by atoms with Gasteiger partial charge in [-0.3, -0.25) is 15.1 Å². The van der Waals surface area contributed by atoms with E-state index in [1.165, 1.54) is 6.07 Å². The average molecular weight is 254 g/mol. The third-order valence-electron chi connectivity index (χ3n) is 2.85. The van der Waals surface area contributed by atoms with Crippen LogP contribution in [0.25, 0.3) is 11.6 Å². The summed E-state index contributed by atoms with van der Waals surface area (Å²) in [6.07, 6.45) is 6.31. The van der Waals surface area contributed by atoms with Gasteiger partial charge in [0, 0.05) is 24.5 Å². The lowest BCUT2D eigenvalue weighted by atomic mass is 10.0. The van der Waals surface area contributed by atoms with Crippen LogP contribution in [0.2, 0.25) is 0 Å². The predicted octanol–water partition coefficient (Wildman–Crippen LogP) is 3.94. The van der Waals surface area contributed by atoms with Crippen molar-refractivity contribution in [3.63, 3.8) is 0 Å². The van der Waals surface area contributed by atoms with Gasteiger partial charge in [0.25, 0.3) is 5.69 Å². The van der Waals surface area contributed by atoms with E-state index in [0.29, 0.717) is 0 Å². The molecule has 2 aromatic rings. The Hall–Kier alpha value is -2.49. The number of hydrogen-bond donors (Lipinski definition) is 0. The standard InChI is InChI=1S/C15H14N2O2/c1-2-13(14-6-8-16-9-7-14)10-12-4-3-5-15(11-12)17(18)19/h3-11H,2H2,1H3/b13-10+. The van der Waals surface area contributed by atoms with Gasteiger partial charge in [0.1, 0.15) is 0 Å². The van der Waals surface area contributed by atoms with Crippen LogP contribution in [0.5, 0.6) is 0 Å². The van der Waals surface area contributed by atoms with Crippen molar-refractivity contribution < 1.29 is 4.92 Å². The molecule has 0 spiro atoms. The zero-order valence-electron chi connectivity index (χ0n) is 10.6. The van der Waals surface area contributed by atoms with Gasteiger partial charge in [-0.15, -0.1) is 0 Å². The fourth-order valence-electron chi connectivity index (χ4n) is 1.88. The van der Waals surface area contributed by atoms with Gasteiger partial charge in [-0.2, -0.15) is 0 Å². The minimum absolute atomic E-state index is 0.110. The molecule has 4 heteroatoms. The molecule has 0 saturated carbocycles. The summed E-state index contributed by atoms with van der Waals surface area (Å²) in [5.74, 6) is 0. The van der Waals surface area contributed by atoms with E-state index in [-0.39, 0.29) is 10.6 Å². The van der Waals surface area contributed by atoms with E-state index >= 15 is 0 Å². The van der Waals surface area contributed by atoms with Gasteiger partial charge in [0.05, 0.1) is 4.92 Å². The van der Waals surface area contributed by atoms with Gasteiger partial charge in [-0.25, -0.2) is 0 Å². The SMILES string of the molecule is CC/C(=C\c1cccc([N+](=O)[O-])c1)c1ccncc1. The van der Waals surface area contributed by atoms with Gasteiger partial charge in [0.15, 0.2) is 0 Å². The number of aromatic nitrogens is 1. The maximum atomic E-state index is 10.8. The molecule has 0 saturated heterocycles. The summed E-state index contributed by atoms with van der Waals surface area (Å²) in [7, 11) is 0. The van der Waals surface area contributed by atoms with Crippen LogP contribution in [0.15, 0.2) is 48.8 Å². The molecule has 0 N–H and O–H groups in total. The number of nitro benzene ring substituents is 1. The molecule has 1 heterocycles. The van der Waals surface area contributed by atoms with E-state index in [9.17, 15) is 10.1 Å². The largest absolute Gasteiger partial charge is 0.270 e. The first-order chi connectivity index (χ1) is 9.20. The number of nitrogens with zero attached hydrogens (tertiary/aromatic N) is 2. The third-order valence-corrected chi connectivity index (χ3v) is 2.85. The highest BCUT2D eigenvalue weighted by Gasteiger charge is 2.05. The van der Waals surface area contributed by atoms with Crippen LogP contribution in [-0.4, -0.2) is 9.91 Å².